The maximum Gasteiger partial charge on any atom is 0.249 e. The van der Waals surface area contributed by atoms with Gasteiger partial charge in [0.25, 0.3) is 0 Å². The van der Waals surface area contributed by atoms with Crippen LogP contribution in [0.4, 0.5) is 34.4 Å². The van der Waals surface area contributed by atoms with Crippen LogP contribution in [0.5, 0.6) is 0 Å². The fourth-order valence-corrected chi connectivity index (χ4v) is 9.26. The summed E-state index contributed by atoms with van der Waals surface area (Å²) in [5.41, 5.74) is 19.9. The van der Waals surface area contributed by atoms with Crippen molar-refractivity contribution in [1.29, 1.82) is 0 Å². The Morgan fingerprint density at radius 3 is 1.17 bits per heavy atom. The van der Waals surface area contributed by atoms with Crippen molar-refractivity contribution in [2.24, 2.45) is 0 Å². The quantitative estimate of drug-likeness (QED) is 0.190. The van der Waals surface area contributed by atoms with Crippen LogP contribution in [0.2, 0.25) is 0 Å². The minimum absolute atomic E-state index is 0.00843. The molecule has 0 bridgehead atoms. The summed E-state index contributed by atoms with van der Waals surface area (Å²) < 4.78 is 0. The number of para-hydroxylation sites is 2. The predicted molar refractivity (Wildman–Crippen MR) is 222 cm³/mol. The van der Waals surface area contributed by atoms with E-state index in [-0.39, 0.29) is 13.4 Å². The van der Waals surface area contributed by atoms with Gasteiger partial charge < -0.3 is 0 Å². The smallest absolute Gasteiger partial charge is 0.249 e. The average molecular weight is 670 g/mol. The number of fused-ring (bicyclic) bond motifs is 4. The first-order chi connectivity index (χ1) is 25.3. The van der Waals surface area contributed by atoms with Gasteiger partial charge in [-0.3, -0.25) is 9.80 Å². The van der Waals surface area contributed by atoms with Crippen LogP contribution < -0.4 is 42.6 Å². The molecule has 5 aromatic carbocycles. The van der Waals surface area contributed by atoms with Gasteiger partial charge in [-0.1, -0.05) is 123 Å². The fraction of sp³-hybridized carbons (Fsp3) is 0.130. The highest BCUT2D eigenvalue weighted by Gasteiger charge is 2.43. The van der Waals surface area contributed by atoms with Crippen molar-refractivity contribution in [3.8, 4) is 0 Å². The van der Waals surface area contributed by atoms with Gasteiger partial charge >= 0.3 is 0 Å². The summed E-state index contributed by atoms with van der Waals surface area (Å²) in [6.07, 6.45) is 3.86. The van der Waals surface area contributed by atoms with E-state index >= 15 is 0 Å². The van der Waals surface area contributed by atoms with Crippen LogP contribution in [-0.2, 0) is 0 Å². The number of rotatable bonds is 4. The molecule has 2 aliphatic rings. The molecule has 0 spiro atoms. The van der Waals surface area contributed by atoms with Crippen LogP contribution in [-0.4, -0.2) is 23.4 Å². The molecule has 0 fully saturated rings. The summed E-state index contributed by atoms with van der Waals surface area (Å²) in [6, 6.07) is 44.5. The standard InChI is InChI=1S/C46H40B2N4/c1-29-23-31(3)43(32(4)24-29)47-37-19-13-21-49-45(37)51(35-15-9-7-10-16-35)41-28-42-40(27-39(41)47)48(44-33(5)25-30(2)26-34(44)6)38-20-14-22-50-46(38)52(42)36-17-11-8-12-18-36/h7-28H,1-6H3. The molecule has 7 aromatic rings. The van der Waals surface area contributed by atoms with Crippen LogP contribution in [0.15, 0.2) is 134 Å². The molecule has 0 unspecified atom stereocenters. The Bertz CT molecular complexity index is 2300. The van der Waals surface area contributed by atoms with Gasteiger partial charge in [-0.05, 0) is 106 Å². The Morgan fingerprint density at radius 2 is 0.788 bits per heavy atom. The maximum atomic E-state index is 5.15. The second kappa shape index (κ2) is 12.4. The Balaban J connectivity index is 1.43. The van der Waals surface area contributed by atoms with Crippen LogP contribution in [0.25, 0.3) is 0 Å². The van der Waals surface area contributed by atoms with E-state index < -0.39 is 0 Å². The van der Waals surface area contributed by atoms with Crippen LogP contribution in [0.1, 0.15) is 33.4 Å². The van der Waals surface area contributed by atoms with Gasteiger partial charge in [0.15, 0.2) is 0 Å². The third-order valence-corrected chi connectivity index (χ3v) is 11.0. The maximum absolute atomic E-state index is 5.15. The number of aryl methyl sites for hydroxylation is 6. The highest BCUT2D eigenvalue weighted by molar-refractivity contribution is 7.01. The Labute approximate surface area is 308 Å². The lowest BCUT2D eigenvalue weighted by Gasteiger charge is -2.41. The monoisotopic (exact) mass is 670 g/mol. The number of benzene rings is 5. The van der Waals surface area contributed by atoms with Gasteiger partial charge in [0.2, 0.25) is 13.4 Å². The fourth-order valence-electron chi connectivity index (χ4n) is 9.26. The summed E-state index contributed by atoms with van der Waals surface area (Å²) in [4.78, 5) is 15.0. The van der Waals surface area contributed by atoms with Gasteiger partial charge in [0.05, 0.1) is 0 Å². The molecule has 0 aliphatic carbocycles. The van der Waals surface area contributed by atoms with E-state index in [4.69, 9.17) is 9.97 Å². The largest absolute Gasteiger partial charge is 0.296 e. The molecule has 0 atom stereocenters. The number of pyridine rings is 2. The van der Waals surface area contributed by atoms with E-state index in [0.29, 0.717) is 0 Å². The molecule has 4 heterocycles. The van der Waals surface area contributed by atoms with Gasteiger partial charge in [-0.15, -0.1) is 0 Å². The molecule has 4 nitrogen and oxygen atoms in total. The van der Waals surface area contributed by atoms with Gasteiger partial charge in [0, 0.05) is 35.1 Å². The molecule has 52 heavy (non-hydrogen) atoms. The number of aromatic nitrogens is 2. The minimum atomic E-state index is -0.00843. The van der Waals surface area contributed by atoms with Crippen LogP contribution in [0, 0.1) is 41.5 Å². The van der Waals surface area contributed by atoms with Crippen molar-refractivity contribution in [2.45, 2.75) is 41.5 Å². The molecule has 2 aromatic heterocycles. The van der Waals surface area contributed by atoms with Crippen molar-refractivity contribution in [1.82, 2.24) is 9.97 Å². The normalized spacial score (nSPS) is 13.0. The zero-order valence-electron chi connectivity index (χ0n) is 30.6. The van der Waals surface area contributed by atoms with Gasteiger partial charge in [0.1, 0.15) is 11.6 Å². The van der Waals surface area contributed by atoms with Crippen molar-refractivity contribution in [2.75, 3.05) is 9.80 Å². The zero-order chi connectivity index (χ0) is 35.7. The van der Waals surface area contributed by atoms with Crippen molar-refractivity contribution >= 4 is 80.6 Å². The topological polar surface area (TPSA) is 32.3 Å². The van der Waals surface area contributed by atoms with Gasteiger partial charge in [-0.2, -0.15) is 0 Å². The molecular formula is C46H40B2N4. The number of hydrogen-bond acceptors (Lipinski definition) is 4. The lowest BCUT2D eigenvalue weighted by molar-refractivity contribution is 1.17. The average Bonchev–Trinajstić information content (AvgIpc) is 3.13. The molecule has 250 valence electrons. The lowest BCUT2D eigenvalue weighted by atomic mass is 9.31. The molecule has 0 N–H and O–H groups in total. The molecule has 0 saturated carbocycles. The Morgan fingerprint density at radius 1 is 0.404 bits per heavy atom. The van der Waals surface area contributed by atoms with E-state index in [1.807, 2.05) is 12.4 Å². The number of nitrogens with zero attached hydrogens (tertiary/aromatic N) is 4. The predicted octanol–water partition coefficient (Wildman–Crippen LogP) is 6.93. The number of anilines is 6. The highest BCUT2D eigenvalue weighted by atomic mass is 15.2. The Hall–Kier alpha value is -5.87. The lowest BCUT2D eigenvalue weighted by Crippen LogP contribution is -2.63. The molecular weight excluding hydrogens is 630 g/mol. The summed E-state index contributed by atoms with van der Waals surface area (Å²) in [6.45, 7) is 13.5. The SMILES string of the molecule is Cc1cc(C)c(B2c3cc4c(cc3N(c3ccccc3)c3ncccc32)N(c2ccccc2)c2ncccc2B4c2c(C)cc(C)cc2C)c(C)c1. The van der Waals surface area contributed by atoms with Crippen molar-refractivity contribution < 1.29 is 0 Å². The van der Waals surface area contributed by atoms with E-state index in [1.165, 1.54) is 66.2 Å². The van der Waals surface area contributed by atoms with Gasteiger partial charge in [-0.25, -0.2) is 9.97 Å². The minimum Gasteiger partial charge on any atom is -0.296 e. The summed E-state index contributed by atoms with van der Waals surface area (Å²) in [5.74, 6) is 1.93. The molecule has 0 amide bonds. The molecule has 0 saturated heterocycles. The first-order valence-corrected chi connectivity index (χ1v) is 18.2. The molecule has 0 radical (unpaired) electrons. The third kappa shape index (κ3) is 5.00. The summed E-state index contributed by atoms with van der Waals surface area (Å²) >= 11 is 0. The molecule has 6 heteroatoms. The Kier molecular flexibility index (Phi) is 7.66. The van der Waals surface area contributed by atoms with E-state index in [2.05, 4.69) is 173 Å². The van der Waals surface area contributed by atoms with Crippen LogP contribution in [0.3, 0.4) is 0 Å². The number of hydrogen-bond donors (Lipinski definition) is 0. The van der Waals surface area contributed by atoms with Crippen molar-refractivity contribution in [3.05, 3.63) is 167 Å². The second-order valence-electron chi connectivity index (χ2n) is 14.6. The van der Waals surface area contributed by atoms with E-state index in [1.54, 1.807) is 0 Å². The molecule has 9 rings (SSSR count). The molecule has 2 aliphatic heterocycles. The third-order valence-electron chi connectivity index (χ3n) is 11.0. The van der Waals surface area contributed by atoms with E-state index in [9.17, 15) is 0 Å². The highest BCUT2D eigenvalue weighted by Crippen LogP contribution is 2.41. The summed E-state index contributed by atoms with van der Waals surface area (Å²) in [5, 5.41) is 0. The first-order valence-electron chi connectivity index (χ1n) is 18.2. The van der Waals surface area contributed by atoms with Crippen LogP contribution >= 0.6 is 0 Å². The summed E-state index contributed by atoms with van der Waals surface area (Å²) in [7, 11) is 0. The first kappa shape index (κ1) is 32.1. The zero-order valence-corrected chi connectivity index (χ0v) is 30.6. The van der Waals surface area contributed by atoms with E-state index in [0.717, 1.165) is 34.4 Å². The second-order valence-corrected chi connectivity index (χ2v) is 14.6. The van der Waals surface area contributed by atoms with Crippen molar-refractivity contribution in [3.63, 3.8) is 0 Å².